The molecule has 1 aromatic rings. The van der Waals surface area contributed by atoms with E-state index in [1.165, 1.54) is 0 Å². The molecular formula is C14H26N4O. The molecule has 19 heavy (non-hydrogen) atoms. The second-order valence-corrected chi connectivity index (χ2v) is 6.14. The van der Waals surface area contributed by atoms with E-state index in [4.69, 9.17) is 5.73 Å². The van der Waals surface area contributed by atoms with Gasteiger partial charge < -0.3 is 15.6 Å². The highest BCUT2D eigenvalue weighted by atomic mass is 16.1. The first kappa shape index (κ1) is 15.7. The lowest BCUT2D eigenvalue weighted by Gasteiger charge is -2.24. The molecule has 0 aliphatic heterocycles. The number of nitrogens with two attached hydrogens (primary N) is 1. The topological polar surface area (TPSA) is 72.9 Å². The Morgan fingerprint density at radius 2 is 2.21 bits per heavy atom. The van der Waals surface area contributed by atoms with Crippen molar-refractivity contribution >= 4 is 5.91 Å². The predicted octanol–water partition coefficient (Wildman–Crippen LogP) is 1.40. The Labute approximate surface area is 115 Å². The Balaban J connectivity index is 2.25. The van der Waals surface area contributed by atoms with Gasteiger partial charge in [-0.2, -0.15) is 0 Å². The van der Waals surface area contributed by atoms with E-state index in [-0.39, 0.29) is 17.2 Å². The standard InChI is InChI=1S/C14H26N4O/c1-14(2,3)9-12(10-15)13(19)17-5-4-7-18-8-6-16-11-18/h6,8,11-12H,4-5,7,9-10,15H2,1-3H3,(H,17,19). The molecular weight excluding hydrogens is 240 g/mol. The zero-order valence-electron chi connectivity index (χ0n) is 12.2. The highest BCUT2D eigenvalue weighted by Crippen LogP contribution is 2.23. The third-order valence-electron chi connectivity index (χ3n) is 2.97. The molecule has 1 aromatic heterocycles. The number of rotatable bonds is 7. The van der Waals surface area contributed by atoms with E-state index < -0.39 is 0 Å². The van der Waals surface area contributed by atoms with Gasteiger partial charge >= 0.3 is 0 Å². The van der Waals surface area contributed by atoms with Gasteiger partial charge in [-0.25, -0.2) is 4.98 Å². The molecule has 0 aliphatic rings. The van der Waals surface area contributed by atoms with E-state index in [0.717, 1.165) is 19.4 Å². The Kier molecular flexibility index (Phi) is 6.02. The molecule has 0 bridgehead atoms. The summed E-state index contributed by atoms with van der Waals surface area (Å²) in [5, 5.41) is 2.97. The van der Waals surface area contributed by atoms with Crippen LogP contribution in [0.3, 0.4) is 0 Å². The van der Waals surface area contributed by atoms with Crippen molar-refractivity contribution in [1.29, 1.82) is 0 Å². The van der Waals surface area contributed by atoms with Gasteiger partial charge in [0.05, 0.1) is 12.2 Å². The number of hydrogen-bond acceptors (Lipinski definition) is 3. The van der Waals surface area contributed by atoms with Gasteiger partial charge in [0.15, 0.2) is 0 Å². The number of carbonyl (C=O) groups is 1. The summed E-state index contributed by atoms with van der Waals surface area (Å²) in [5.74, 6) is -0.0173. The molecule has 0 saturated carbocycles. The van der Waals surface area contributed by atoms with Gasteiger partial charge in [-0.15, -0.1) is 0 Å². The second kappa shape index (κ2) is 7.28. The average Bonchev–Trinajstić information content (AvgIpc) is 2.83. The maximum atomic E-state index is 12.0. The van der Waals surface area contributed by atoms with E-state index in [9.17, 15) is 4.79 Å². The molecule has 1 amide bonds. The average molecular weight is 266 g/mol. The fraction of sp³-hybridized carbons (Fsp3) is 0.714. The highest BCUT2D eigenvalue weighted by Gasteiger charge is 2.23. The maximum absolute atomic E-state index is 12.0. The molecule has 0 aliphatic carbocycles. The lowest BCUT2D eigenvalue weighted by atomic mass is 9.84. The monoisotopic (exact) mass is 266 g/mol. The van der Waals surface area contributed by atoms with Crippen molar-refractivity contribution < 1.29 is 4.79 Å². The summed E-state index contributed by atoms with van der Waals surface area (Å²) >= 11 is 0. The van der Waals surface area contributed by atoms with Crippen LogP contribution in [0.4, 0.5) is 0 Å². The SMILES string of the molecule is CC(C)(C)CC(CN)C(=O)NCCCn1ccnc1. The van der Waals surface area contributed by atoms with E-state index >= 15 is 0 Å². The largest absolute Gasteiger partial charge is 0.356 e. The van der Waals surface area contributed by atoms with Crippen LogP contribution in [0.1, 0.15) is 33.6 Å². The van der Waals surface area contributed by atoms with Crippen molar-refractivity contribution in [2.45, 2.75) is 40.2 Å². The smallest absolute Gasteiger partial charge is 0.224 e. The minimum absolute atomic E-state index is 0.0723. The van der Waals surface area contributed by atoms with Gasteiger partial charge in [0.1, 0.15) is 0 Å². The van der Waals surface area contributed by atoms with Crippen LogP contribution in [0.25, 0.3) is 0 Å². The number of imidazole rings is 1. The van der Waals surface area contributed by atoms with Crippen LogP contribution < -0.4 is 11.1 Å². The van der Waals surface area contributed by atoms with Crippen LogP contribution in [0.5, 0.6) is 0 Å². The molecule has 0 fully saturated rings. The Hall–Kier alpha value is -1.36. The first-order valence-corrected chi connectivity index (χ1v) is 6.86. The van der Waals surface area contributed by atoms with Gasteiger partial charge in [-0.3, -0.25) is 4.79 Å². The first-order chi connectivity index (χ1) is 8.92. The van der Waals surface area contributed by atoms with Gasteiger partial charge in [-0.1, -0.05) is 20.8 Å². The van der Waals surface area contributed by atoms with Gasteiger partial charge in [0.2, 0.25) is 5.91 Å². The fourth-order valence-electron chi connectivity index (χ4n) is 2.06. The molecule has 0 aromatic carbocycles. The number of hydrogen-bond donors (Lipinski definition) is 2. The third-order valence-corrected chi connectivity index (χ3v) is 2.97. The molecule has 0 radical (unpaired) electrons. The van der Waals surface area contributed by atoms with E-state index in [1.807, 2.05) is 10.8 Å². The molecule has 1 heterocycles. The molecule has 3 N–H and O–H groups in total. The Morgan fingerprint density at radius 1 is 1.47 bits per heavy atom. The maximum Gasteiger partial charge on any atom is 0.224 e. The van der Waals surface area contributed by atoms with Crippen molar-refractivity contribution in [1.82, 2.24) is 14.9 Å². The predicted molar refractivity (Wildman–Crippen MR) is 76.5 cm³/mol. The Morgan fingerprint density at radius 3 is 2.74 bits per heavy atom. The number of carbonyl (C=O) groups excluding carboxylic acids is 1. The van der Waals surface area contributed by atoms with Crippen LogP contribution in [0, 0.1) is 11.3 Å². The summed E-state index contributed by atoms with van der Waals surface area (Å²) in [6.07, 6.45) is 7.17. The van der Waals surface area contributed by atoms with E-state index in [2.05, 4.69) is 31.1 Å². The quantitative estimate of drug-likeness (QED) is 0.733. The third kappa shape index (κ3) is 6.38. The summed E-state index contributed by atoms with van der Waals surface area (Å²) in [6.45, 7) is 8.33. The number of aromatic nitrogens is 2. The lowest BCUT2D eigenvalue weighted by Crippen LogP contribution is -2.37. The van der Waals surface area contributed by atoms with Crippen molar-refractivity contribution in [3.8, 4) is 0 Å². The second-order valence-electron chi connectivity index (χ2n) is 6.14. The molecule has 5 heteroatoms. The van der Waals surface area contributed by atoms with Crippen LogP contribution >= 0.6 is 0 Å². The molecule has 0 saturated heterocycles. The number of amides is 1. The summed E-state index contributed by atoms with van der Waals surface area (Å²) < 4.78 is 2.00. The molecule has 1 rings (SSSR count). The minimum atomic E-state index is -0.0896. The van der Waals surface area contributed by atoms with Crippen LogP contribution in [0.2, 0.25) is 0 Å². The van der Waals surface area contributed by atoms with Crippen molar-refractivity contribution in [2.24, 2.45) is 17.1 Å². The van der Waals surface area contributed by atoms with Crippen LogP contribution in [-0.2, 0) is 11.3 Å². The van der Waals surface area contributed by atoms with Crippen molar-refractivity contribution in [3.63, 3.8) is 0 Å². The van der Waals surface area contributed by atoms with Crippen molar-refractivity contribution in [3.05, 3.63) is 18.7 Å². The molecule has 108 valence electrons. The molecule has 0 spiro atoms. The normalized spacial score (nSPS) is 13.3. The summed E-state index contributed by atoms with van der Waals surface area (Å²) in [4.78, 5) is 16.0. The Bertz CT molecular complexity index is 367. The first-order valence-electron chi connectivity index (χ1n) is 6.86. The number of nitrogens with zero attached hydrogens (tertiary/aromatic N) is 2. The summed E-state index contributed by atoms with van der Waals surface area (Å²) in [6, 6.07) is 0. The van der Waals surface area contributed by atoms with E-state index in [0.29, 0.717) is 13.1 Å². The molecule has 5 nitrogen and oxygen atoms in total. The van der Waals surface area contributed by atoms with Crippen molar-refractivity contribution in [2.75, 3.05) is 13.1 Å². The fourth-order valence-corrected chi connectivity index (χ4v) is 2.06. The molecule has 1 unspecified atom stereocenters. The lowest BCUT2D eigenvalue weighted by molar-refractivity contribution is -0.125. The van der Waals surface area contributed by atoms with Gasteiger partial charge in [-0.05, 0) is 18.3 Å². The highest BCUT2D eigenvalue weighted by molar-refractivity contribution is 5.78. The van der Waals surface area contributed by atoms with Gasteiger partial charge in [0.25, 0.3) is 0 Å². The molecule has 1 atom stereocenters. The zero-order valence-corrected chi connectivity index (χ0v) is 12.2. The van der Waals surface area contributed by atoms with Gasteiger partial charge in [0, 0.05) is 32.0 Å². The van der Waals surface area contributed by atoms with E-state index in [1.54, 1.807) is 12.5 Å². The number of nitrogens with one attached hydrogen (secondary N) is 1. The van der Waals surface area contributed by atoms with Crippen LogP contribution in [0.15, 0.2) is 18.7 Å². The summed E-state index contributed by atoms with van der Waals surface area (Å²) in [7, 11) is 0. The summed E-state index contributed by atoms with van der Waals surface area (Å²) in [5.41, 5.74) is 5.81. The van der Waals surface area contributed by atoms with Crippen LogP contribution in [-0.4, -0.2) is 28.5 Å². The number of aryl methyl sites for hydroxylation is 1. The zero-order chi connectivity index (χ0) is 14.3. The minimum Gasteiger partial charge on any atom is -0.356 e.